The van der Waals surface area contributed by atoms with Crippen molar-refractivity contribution in [1.82, 2.24) is 10.2 Å². The number of piperidine rings is 1. The van der Waals surface area contributed by atoms with E-state index in [1.807, 2.05) is 30.5 Å². The summed E-state index contributed by atoms with van der Waals surface area (Å²) < 4.78 is 0. The van der Waals surface area contributed by atoms with Gasteiger partial charge >= 0.3 is 0 Å². The second kappa shape index (κ2) is 7.76. The summed E-state index contributed by atoms with van der Waals surface area (Å²) in [5, 5.41) is 16.1. The maximum absolute atomic E-state index is 12.1. The van der Waals surface area contributed by atoms with E-state index in [1.54, 1.807) is 12.1 Å². The first kappa shape index (κ1) is 17.6. The highest BCUT2D eigenvalue weighted by atomic mass is 32.1. The van der Waals surface area contributed by atoms with Gasteiger partial charge in [-0.2, -0.15) is 0 Å². The summed E-state index contributed by atoms with van der Waals surface area (Å²) in [4.78, 5) is 25.9. The summed E-state index contributed by atoms with van der Waals surface area (Å²) in [6, 6.07) is 9.15. The Morgan fingerprint density at radius 1 is 1.32 bits per heavy atom. The van der Waals surface area contributed by atoms with Crippen molar-refractivity contribution < 1.29 is 9.72 Å². The highest BCUT2D eigenvalue weighted by Gasteiger charge is 2.22. The maximum atomic E-state index is 12.1. The predicted molar refractivity (Wildman–Crippen MR) is 97.9 cm³/mol. The third-order valence-corrected chi connectivity index (χ3v) is 5.54. The first-order chi connectivity index (χ1) is 12.0. The average Bonchev–Trinajstić information content (AvgIpc) is 3.13. The number of hydrogen-bond acceptors (Lipinski definition) is 5. The topological polar surface area (TPSA) is 75.5 Å². The molecule has 0 spiro atoms. The van der Waals surface area contributed by atoms with Crippen molar-refractivity contribution in [3.05, 3.63) is 61.8 Å². The number of hydrogen-bond donors (Lipinski definition) is 1. The van der Waals surface area contributed by atoms with Crippen molar-refractivity contribution in [2.24, 2.45) is 0 Å². The van der Waals surface area contributed by atoms with Crippen LogP contribution in [0.3, 0.4) is 0 Å². The van der Waals surface area contributed by atoms with E-state index in [0.29, 0.717) is 6.54 Å². The molecule has 1 aromatic heterocycles. The van der Waals surface area contributed by atoms with Crippen LogP contribution in [0, 0.1) is 17.0 Å². The summed E-state index contributed by atoms with van der Waals surface area (Å²) >= 11 is 1.45. The van der Waals surface area contributed by atoms with E-state index in [-0.39, 0.29) is 22.6 Å². The van der Waals surface area contributed by atoms with Gasteiger partial charge in [0.15, 0.2) is 0 Å². The maximum Gasteiger partial charge on any atom is 0.272 e. The summed E-state index contributed by atoms with van der Waals surface area (Å²) in [6.45, 7) is 4.26. The van der Waals surface area contributed by atoms with Gasteiger partial charge in [0.05, 0.1) is 9.80 Å². The fraction of sp³-hybridized carbons (Fsp3) is 0.389. The molecular weight excluding hydrogens is 338 g/mol. The highest BCUT2D eigenvalue weighted by Crippen LogP contribution is 2.23. The largest absolute Gasteiger partial charge is 0.349 e. The predicted octanol–water partition coefficient (Wildman–Crippen LogP) is 3.36. The molecule has 1 aliphatic rings. The molecule has 3 rings (SSSR count). The van der Waals surface area contributed by atoms with Crippen molar-refractivity contribution >= 4 is 22.9 Å². The molecule has 132 valence electrons. The van der Waals surface area contributed by atoms with Crippen molar-refractivity contribution in [2.45, 2.75) is 32.4 Å². The third kappa shape index (κ3) is 4.24. The lowest BCUT2D eigenvalue weighted by molar-refractivity contribution is -0.385. The van der Waals surface area contributed by atoms with Gasteiger partial charge < -0.3 is 5.32 Å². The van der Waals surface area contributed by atoms with Gasteiger partial charge in [0.25, 0.3) is 11.6 Å². The van der Waals surface area contributed by atoms with Crippen molar-refractivity contribution in [3.63, 3.8) is 0 Å². The number of benzene rings is 1. The minimum absolute atomic E-state index is 0.00276. The fourth-order valence-electron chi connectivity index (χ4n) is 3.18. The molecule has 6 nitrogen and oxygen atoms in total. The molecule has 7 heteroatoms. The Balaban J connectivity index is 1.54. The first-order valence-corrected chi connectivity index (χ1v) is 9.22. The SMILES string of the molecule is Cc1c(CN2CCC(NC(=O)c3cccs3)CC2)cccc1[N+](=O)[O-]. The zero-order valence-electron chi connectivity index (χ0n) is 14.1. The van der Waals surface area contributed by atoms with Crippen LogP contribution in [0.4, 0.5) is 5.69 Å². The molecule has 0 unspecified atom stereocenters. The van der Waals surface area contributed by atoms with Gasteiger partial charge in [-0.3, -0.25) is 19.8 Å². The Hall–Kier alpha value is -2.25. The van der Waals surface area contributed by atoms with E-state index in [4.69, 9.17) is 0 Å². The monoisotopic (exact) mass is 359 g/mol. The lowest BCUT2D eigenvalue weighted by Gasteiger charge is -2.32. The number of rotatable bonds is 5. The van der Waals surface area contributed by atoms with Gasteiger partial charge in [-0.05, 0) is 36.8 Å². The van der Waals surface area contributed by atoms with E-state index >= 15 is 0 Å². The fourth-order valence-corrected chi connectivity index (χ4v) is 3.81. The Morgan fingerprint density at radius 3 is 2.72 bits per heavy atom. The molecule has 2 heterocycles. The van der Waals surface area contributed by atoms with E-state index in [2.05, 4.69) is 10.2 Å². The van der Waals surface area contributed by atoms with Crippen LogP contribution in [0.25, 0.3) is 0 Å². The minimum Gasteiger partial charge on any atom is -0.349 e. The molecule has 1 N–H and O–H groups in total. The van der Waals surface area contributed by atoms with E-state index in [9.17, 15) is 14.9 Å². The second-order valence-corrected chi connectivity index (χ2v) is 7.27. The Bertz CT molecular complexity index is 753. The molecule has 1 amide bonds. The van der Waals surface area contributed by atoms with Crippen molar-refractivity contribution in [2.75, 3.05) is 13.1 Å². The minimum atomic E-state index is -0.328. The van der Waals surface area contributed by atoms with Crippen LogP contribution in [-0.2, 0) is 6.54 Å². The number of nitrogens with zero attached hydrogens (tertiary/aromatic N) is 2. The summed E-state index contributed by atoms with van der Waals surface area (Å²) in [5.74, 6) is 0.00276. The molecule has 1 fully saturated rings. The molecule has 2 aromatic rings. The summed E-state index contributed by atoms with van der Waals surface area (Å²) in [6.07, 6.45) is 1.79. The van der Waals surface area contributed by atoms with Gasteiger partial charge in [0, 0.05) is 37.3 Å². The number of nitro benzene ring substituents is 1. The Kier molecular flexibility index (Phi) is 5.45. The van der Waals surface area contributed by atoms with Crippen LogP contribution in [0.2, 0.25) is 0 Å². The van der Waals surface area contributed by atoms with Crippen LogP contribution >= 0.6 is 11.3 Å². The molecule has 0 aliphatic carbocycles. The molecule has 0 atom stereocenters. The molecule has 0 bridgehead atoms. The van der Waals surface area contributed by atoms with Crippen LogP contribution in [0.5, 0.6) is 0 Å². The van der Waals surface area contributed by atoms with Crippen LogP contribution in [0.15, 0.2) is 35.7 Å². The van der Waals surface area contributed by atoms with Gasteiger partial charge in [-0.15, -0.1) is 11.3 Å². The number of thiophene rings is 1. The zero-order valence-corrected chi connectivity index (χ0v) is 14.9. The highest BCUT2D eigenvalue weighted by molar-refractivity contribution is 7.12. The standard InChI is InChI=1S/C18H21N3O3S/c1-13-14(4-2-5-16(13)21(23)24)12-20-9-7-15(8-10-20)19-18(22)17-6-3-11-25-17/h2-6,11,15H,7-10,12H2,1H3,(H,19,22). The number of carbonyl (C=O) groups excluding carboxylic acids is 1. The molecule has 0 saturated carbocycles. The number of likely N-dealkylation sites (tertiary alicyclic amines) is 1. The van der Waals surface area contributed by atoms with E-state index in [0.717, 1.165) is 41.9 Å². The second-order valence-electron chi connectivity index (χ2n) is 6.32. The van der Waals surface area contributed by atoms with Crippen LogP contribution in [0.1, 0.15) is 33.6 Å². The quantitative estimate of drug-likeness (QED) is 0.656. The summed E-state index contributed by atoms with van der Waals surface area (Å²) in [5.41, 5.74) is 1.91. The molecule has 25 heavy (non-hydrogen) atoms. The van der Waals surface area contributed by atoms with Crippen molar-refractivity contribution in [1.29, 1.82) is 0 Å². The molecular formula is C18H21N3O3S. The Labute approximate surface area is 150 Å². The normalized spacial score (nSPS) is 15.9. The van der Waals surface area contributed by atoms with E-state index in [1.165, 1.54) is 11.3 Å². The lowest BCUT2D eigenvalue weighted by atomic mass is 10.0. The van der Waals surface area contributed by atoms with Crippen LogP contribution in [-0.4, -0.2) is 34.9 Å². The molecule has 1 aromatic carbocycles. The van der Waals surface area contributed by atoms with Gasteiger partial charge in [0.2, 0.25) is 0 Å². The van der Waals surface area contributed by atoms with Gasteiger partial charge in [-0.1, -0.05) is 18.2 Å². The number of nitro groups is 1. The molecule has 1 saturated heterocycles. The molecule has 1 aliphatic heterocycles. The van der Waals surface area contributed by atoms with Gasteiger partial charge in [-0.25, -0.2) is 0 Å². The number of carbonyl (C=O) groups is 1. The average molecular weight is 359 g/mol. The number of amides is 1. The summed E-state index contributed by atoms with van der Waals surface area (Å²) in [7, 11) is 0. The van der Waals surface area contributed by atoms with Gasteiger partial charge in [0.1, 0.15) is 0 Å². The zero-order chi connectivity index (χ0) is 17.8. The smallest absolute Gasteiger partial charge is 0.272 e. The lowest BCUT2D eigenvalue weighted by Crippen LogP contribution is -2.44. The first-order valence-electron chi connectivity index (χ1n) is 8.34. The van der Waals surface area contributed by atoms with Crippen LogP contribution < -0.4 is 5.32 Å². The number of nitrogens with one attached hydrogen (secondary N) is 1. The molecule has 0 radical (unpaired) electrons. The van der Waals surface area contributed by atoms with E-state index < -0.39 is 0 Å². The third-order valence-electron chi connectivity index (χ3n) is 4.68. The Morgan fingerprint density at radius 2 is 2.08 bits per heavy atom. The van der Waals surface area contributed by atoms with Crippen molar-refractivity contribution in [3.8, 4) is 0 Å².